The van der Waals surface area contributed by atoms with E-state index in [9.17, 15) is 23.3 Å². The molecule has 2 aromatic carbocycles. The van der Waals surface area contributed by atoms with Crippen molar-refractivity contribution >= 4 is 27.4 Å². The Kier molecular flexibility index (Phi) is 7.29. The third-order valence-electron chi connectivity index (χ3n) is 3.98. The number of nitrogens with one attached hydrogen (secondary N) is 2. The zero-order chi connectivity index (χ0) is 21.6. The molecule has 0 radical (unpaired) electrons. The predicted molar refractivity (Wildman–Crippen MR) is 108 cm³/mol. The van der Waals surface area contributed by atoms with Gasteiger partial charge in [-0.05, 0) is 44.0 Å². The monoisotopic (exact) mass is 421 g/mol. The van der Waals surface area contributed by atoms with Crippen LogP contribution in [0.15, 0.2) is 47.4 Å². The quantitative estimate of drug-likeness (QED) is 0.362. The van der Waals surface area contributed by atoms with Crippen LogP contribution < -0.4 is 10.0 Å². The van der Waals surface area contributed by atoms with E-state index in [1.165, 1.54) is 12.1 Å². The van der Waals surface area contributed by atoms with Crippen molar-refractivity contribution in [2.24, 2.45) is 0 Å². The molecule has 0 bridgehead atoms. The highest BCUT2D eigenvalue weighted by atomic mass is 32.2. The van der Waals surface area contributed by atoms with E-state index >= 15 is 0 Å². The standard InChI is InChI=1S/C19H23N3O6S/c1-13(2)21-17-9-8-16(10-18(17)22(24)25)29(26,27)20-11-19(23)28-12-15-7-5-4-6-14(15)3/h4-10,13,20-21H,11-12H2,1-3H3. The molecule has 0 spiro atoms. The summed E-state index contributed by atoms with van der Waals surface area (Å²) in [6.07, 6.45) is 0. The molecular formula is C19H23N3O6S. The molecule has 2 aromatic rings. The normalized spacial score (nSPS) is 11.3. The minimum absolute atomic E-state index is 0.0221. The van der Waals surface area contributed by atoms with Gasteiger partial charge in [0.15, 0.2) is 0 Å². The lowest BCUT2D eigenvalue weighted by Gasteiger charge is -2.12. The van der Waals surface area contributed by atoms with E-state index in [1.54, 1.807) is 19.9 Å². The van der Waals surface area contributed by atoms with Crippen molar-refractivity contribution in [2.45, 2.75) is 38.3 Å². The number of aryl methyl sites for hydroxylation is 1. The van der Waals surface area contributed by atoms with Crippen molar-refractivity contribution in [1.29, 1.82) is 0 Å². The Labute approximate surface area is 169 Å². The van der Waals surface area contributed by atoms with Gasteiger partial charge in [0.2, 0.25) is 10.0 Å². The molecule has 0 heterocycles. The lowest BCUT2D eigenvalue weighted by molar-refractivity contribution is -0.384. The second-order valence-corrected chi connectivity index (χ2v) is 8.41. The van der Waals surface area contributed by atoms with Gasteiger partial charge in [0.1, 0.15) is 18.8 Å². The average Bonchev–Trinajstić information content (AvgIpc) is 2.65. The molecule has 0 amide bonds. The Balaban J connectivity index is 2.05. The number of hydrogen-bond acceptors (Lipinski definition) is 7. The summed E-state index contributed by atoms with van der Waals surface area (Å²) in [6, 6.07) is 10.8. The van der Waals surface area contributed by atoms with Crippen LogP contribution in [0.2, 0.25) is 0 Å². The first-order valence-electron chi connectivity index (χ1n) is 8.85. The van der Waals surface area contributed by atoms with E-state index in [2.05, 4.69) is 10.0 Å². The lowest BCUT2D eigenvalue weighted by atomic mass is 10.1. The lowest BCUT2D eigenvalue weighted by Crippen LogP contribution is -2.30. The topological polar surface area (TPSA) is 128 Å². The number of nitrogens with zero attached hydrogens (tertiary/aromatic N) is 1. The average molecular weight is 421 g/mol. The minimum atomic E-state index is -4.13. The molecule has 0 saturated carbocycles. The van der Waals surface area contributed by atoms with Crippen LogP contribution in [0.3, 0.4) is 0 Å². The molecule has 156 valence electrons. The molecule has 0 aliphatic carbocycles. The maximum absolute atomic E-state index is 12.4. The number of nitro benzene ring substituents is 1. The van der Waals surface area contributed by atoms with Crippen molar-refractivity contribution in [3.05, 3.63) is 63.7 Å². The fourth-order valence-electron chi connectivity index (χ4n) is 2.48. The van der Waals surface area contributed by atoms with Gasteiger partial charge in [0, 0.05) is 12.1 Å². The second kappa shape index (κ2) is 9.48. The van der Waals surface area contributed by atoms with Gasteiger partial charge in [0.05, 0.1) is 9.82 Å². The van der Waals surface area contributed by atoms with Crippen LogP contribution in [0, 0.1) is 17.0 Å². The third-order valence-corrected chi connectivity index (χ3v) is 5.38. The molecule has 0 saturated heterocycles. The highest BCUT2D eigenvalue weighted by Crippen LogP contribution is 2.28. The number of nitro groups is 1. The maximum Gasteiger partial charge on any atom is 0.321 e. The summed E-state index contributed by atoms with van der Waals surface area (Å²) in [5.41, 5.74) is 1.60. The van der Waals surface area contributed by atoms with Gasteiger partial charge in [-0.1, -0.05) is 24.3 Å². The van der Waals surface area contributed by atoms with Crippen LogP contribution in [0.1, 0.15) is 25.0 Å². The van der Waals surface area contributed by atoms with Gasteiger partial charge >= 0.3 is 5.97 Å². The summed E-state index contributed by atoms with van der Waals surface area (Å²) >= 11 is 0. The molecule has 0 unspecified atom stereocenters. The Hall–Kier alpha value is -2.98. The molecule has 2 N–H and O–H groups in total. The smallest absolute Gasteiger partial charge is 0.321 e. The van der Waals surface area contributed by atoms with E-state index in [4.69, 9.17) is 4.74 Å². The number of carbonyl (C=O) groups excluding carboxylic acids is 1. The fourth-order valence-corrected chi connectivity index (χ4v) is 3.47. The number of anilines is 1. The molecule has 0 atom stereocenters. The van der Waals surface area contributed by atoms with Crippen LogP contribution in [-0.4, -0.2) is 31.9 Å². The van der Waals surface area contributed by atoms with Crippen LogP contribution in [0.4, 0.5) is 11.4 Å². The summed E-state index contributed by atoms with van der Waals surface area (Å²) < 4.78 is 32.0. The van der Waals surface area contributed by atoms with Crippen LogP contribution >= 0.6 is 0 Å². The number of esters is 1. The van der Waals surface area contributed by atoms with Crippen LogP contribution in [0.25, 0.3) is 0 Å². The zero-order valence-corrected chi connectivity index (χ0v) is 17.2. The Morgan fingerprint density at radius 1 is 1.21 bits per heavy atom. The molecule has 0 aliphatic rings. The van der Waals surface area contributed by atoms with E-state index in [1.807, 2.05) is 25.1 Å². The number of benzene rings is 2. The van der Waals surface area contributed by atoms with E-state index < -0.39 is 27.5 Å². The number of rotatable bonds is 9. The number of carbonyl (C=O) groups is 1. The Morgan fingerprint density at radius 3 is 2.52 bits per heavy atom. The van der Waals surface area contributed by atoms with Crippen molar-refractivity contribution in [2.75, 3.05) is 11.9 Å². The molecule has 0 aliphatic heterocycles. The van der Waals surface area contributed by atoms with E-state index in [0.29, 0.717) is 0 Å². The van der Waals surface area contributed by atoms with Gasteiger partial charge < -0.3 is 10.1 Å². The van der Waals surface area contributed by atoms with Crippen molar-refractivity contribution in [1.82, 2.24) is 4.72 Å². The Bertz CT molecular complexity index is 1000. The molecule has 9 nitrogen and oxygen atoms in total. The maximum atomic E-state index is 12.4. The summed E-state index contributed by atoms with van der Waals surface area (Å²) in [7, 11) is -4.13. The second-order valence-electron chi connectivity index (χ2n) is 6.65. The van der Waals surface area contributed by atoms with Crippen LogP contribution in [-0.2, 0) is 26.2 Å². The predicted octanol–water partition coefficient (Wildman–Crippen LogP) is 2.75. The van der Waals surface area contributed by atoms with E-state index in [-0.39, 0.29) is 28.9 Å². The molecule has 2 rings (SSSR count). The van der Waals surface area contributed by atoms with Gasteiger partial charge in [-0.15, -0.1) is 0 Å². The van der Waals surface area contributed by atoms with Crippen molar-refractivity contribution in [3.8, 4) is 0 Å². The van der Waals surface area contributed by atoms with Gasteiger partial charge in [-0.2, -0.15) is 4.72 Å². The van der Waals surface area contributed by atoms with Crippen molar-refractivity contribution < 1.29 is 22.9 Å². The van der Waals surface area contributed by atoms with E-state index in [0.717, 1.165) is 17.2 Å². The number of hydrogen-bond donors (Lipinski definition) is 2. The molecule has 29 heavy (non-hydrogen) atoms. The molecule has 0 aromatic heterocycles. The van der Waals surface area contributed by atoms with Gasteiger partial charge in [-0.25, -0.2) is 8.42 Å². The first-order valence-corrected chi connectivity index (χ1v) is 10.3. The molecule has 0 fully saturated rings. The number of ether oxygens (including phenoxy) is 1. The first kappa shape index (κ1) is 22.3. The first-order chi connectivity index (χ1) is 13.6. The van der Waals surface area contributed by atoms with Gasteiger partial charge in [-0.3, -0.25) is 14.9 Å². The summed E-state index contributed by atoms with van der Waals surface area (Å²) in [4.78, 5) is 22.2. The number of sulfonamides is 1. The Morgan fingerprint density at radius 2 is 1.90 bits per heavy atom. The van der Waals surface area contributed by atoms with Crippen molar-refractivity contribution in [3.63, 3.8) is 0 Å². The summed E-state index contributed by atoms with van der Waals surface area (Å²) in [5.74, 6) is -0.760. The molecular weight excluding hydrogens is 398 g/mol. The summed E-state index contributed by atoms with van der Waals surface area (Å²) in [5, 5.41) is 14.2. The van der Waals surface area contributed by atoms with Crippen LogP contribution in [0.5, 0.6) is 0 Å². The van der Waals surface area contributed by atoms with Gasteiger partial charge in [0.25, 0.3) is 5.69 Å². The minimum Gasteiger partial charge on any atom is -0.460 e. The molecule has 10 heteroatoms. The third kappa shape index (κ3) is 6.26. The summed E-state index contributed by atoms with van der Waals surface area (Å²) in [6.45, 7) is 4.91. The highest BCUT2D eigenvalue weighted by molar-refractivity contribution is 7.89. The highest BCUT2D eigenvalue weighted by Gasteiger charge is 2.22. The largest absolute Gasteiger partial charge is 0.460 e. The SMILES string of the molecule is Cc1ccccc1COC(=O)CNS(=O)(=O)c1ccc(NC(C)C)c([N+](=O)[O-])c1. The fraction of sp³-hybridized carbons (Fsp3) is 0.316. The zero-order valence-electron chi connectivity index (χ0n) is 16.3.